The second-order valence-corrected chi connectivity index (χ2v) is 6.53. The molecule has 3 aromatic rings. The van der Waals surface area contributed by atoms with E-state index in [0.717, 1.165) is 10.4 Å². The minimum atomic E-state index is -0.539. The number of rotatable bonds is 5. The second kappa shape index (κ2) is 6.52. The van der Waals surface area contributed by atoms with Gasteiger partial charge in [0, 0.05) is 5.56 Å². The Morgan fingerprint density at radius 2 is 2.12 bits per heavy atom. The number of benzene rings is 1. The van der Waals surface area contributed by atoms with Crippen molar-refractivity contribution in [3.63, 3.8) is 0 Å². The maximum absolute atomic E-state index is 12.2. The lowest BCUT2D eigenvalue weighted by Crippen LogP contribution is -2.24. The summed E-state index contributed by atoms with van der Waals surface area (Å²) in [6.07, 6.45) is 1.07. The Balaban J connectivity index is 1.35. The van der Waals surface area contributed by atoms with Crippen molar-refractivity contribution in [3.8, 4) is 10.8 Å². The highest BCUT2D eigenvalue weighted by Gasteiger charge is 2.31. The van der Waals surface area contributed by atoms with Crippen molar-refractivity contribution < 1.29 is 18.7 Å². The molecule has 1 aliphatic rings. The first-order valence-electron chi connectivity index (χ1n) is 7.75. The molecule has 0 radical (unpaired) electrons. The van der Waals surface area contributed by atoms with E-state index < -0.39 is 6.10 Å². The summed E-state index contributed by atoms with van der Waals surface area (Å²) in [4.78, 5) is 29.2. The molecular weight excluding hydrogens is 340 g/mol. The molecule has 3 heterocycles. The maximum Gasteiger partial charge on any atom is 0.339 e. The van der Waals surface area contributed by atoms with E-state index in [9.17, 15) is 9.59 Å². The molecule has 0 unspecified atom stereocenters. The molecule has 6 nitrogen and oxygen atoms in total. The highest BCUT2D eigenvalue weighted by Crippen LogP contribution is 2.32. The molecule has 0 saturated carbocycles. The minimum Gasteiger partial charge on any atom is -0.453 e. The van der Waals surface area contributed by atoms with Gasteiger partial charge in [-0.25, -0.2) is 9.78 Å². The van der Waals surface area contributed by atoms with Crippen molar-refractivity contribution in [1.29, 1.82) is 0 Å². The average molecular weight is 354 g/mol. The second-order valence-electron chi connectivity index (χ2n) is 5.58. The summed E-state index contributed by atoms with van der Waals surface area (Å²) in [6, 6.07) is 11.0. The maximum atomic E-state index is 12.2. The van der Waals surface area contributed by atoms with E-state index in [1.165, 1.54) is 17.6 Å². The number of cyclic esters (lactones) is 1. The summed E-state index contributed by atoms with van der Waals surface area (Å²) in [5.74, 6) is -0.0569. The zero-order valence-electron chi connectivity index (χ0n) is 13.1. The highest BCUT2D eigenvalue weighted by molar-refractivity contribution is 7.13. The van der Waals surface area contributed by atoms with E-state index in [0.29, 0.717) is 17.1 Å². The third kappa shape index (κ3) is 3.18. The quantitative estimate of drug-likeness (QED) is 0.711. The third-order valence-electron chi connectivity index (χ3n) is 3.90. The third-order valence-corrected chi connectivity index (χ3v) is 4.76. The molecule has 1 aliphatic heterocycles. The van der Waals surface area contributed by atoms with Crippen LogP contribution in [0.1, 0.15) is 34.1 Å². The van der Waals surface area contributed by atoms with Gasteiger partial charge in [0.15, 0.2) is 0 Å². The zero-order chi connectivity index (χ0) is 17.2. The molecule has 126 valence electrons. The van der Waals surface area contributed by atoms with Crippen LogP contribution < -0.4 is 5.32 Å². The fourth-order valence-corrected chi connectivity index (χ4v) is 3.36. The van der Waals surface area contributed by atoms with Crippen LogP contribution in [0, 0.1) is 0 Å². The van der Waals surface area contributed by atoms with Gasteiger partial charge in [-0.15, -0.1) is 11.3 Å². The topological polar surface area (TPSA) is 81.4 Å². The summed E-state index contributed by atoms with van der Waals surface area (Å²) >= 11 is 1.54. The van der Waals surface area contributed by atoms with Gasteiger partial charge in [-0.3, -0.25) is 4.79 Å². The monoisotopic (exact) mass is 354 g/mol. The molecule has 1 atom stereocenters. The summed E-state index contributed by atoms with van der Waals surface area (Å²) < 4.78 is 10.7. The van der Waals surface area contributed by atoms with Crippen molar-refractivity contribution in [2.24, 2.45) is 0 Å². The number of hydrogen-bond donors (Lipinski definition) is 1. The summed E-state index contributed by atoms with van der Waals surface area (Å²) in [5, 5.41) is 4.73. The van der Waals surface area contributed by atoms with Gasteiger partial charge in [-0.1, -0.05) is 24.3 Å². The number of fused-ring (bicyclic) bond motifs is 1. The molecule has 1 amide bonds. The van der Waals surface area contributed by atoms with Crippen LogP contribution in [0.3, 0.4) is 0 Å². The molecule has 1 aromatic carbocycles. The predicted molar refractivity (Wildman–Crippen MR) is 90.9 cm³/mol. The minimum absolute atomic E-state index is 0.0817. The molecule has 0 aliphatic carbocycles. The van der Waals surface area contributed by atoms with Crippen molar-refractivity contribution in [2.45, 2.75) is 19.1 Å². The van der Waals surface area contributed by atoms with Crippen molar-refractivity contribution >= 4 is 23.2 Å². The Bertz CT molecular complexity index is 917. The van der Waals surface area contributed by atoms with E-state index in [2.05, 4.69) is 10.3 Å². The highest BCUT2D eigenvalue weighted by atomic mass is 32.1. The molecule has 2 aromatic heterocycles. The van der Waals surface area contributed by atoms with Crippen LogP contribution in [0.4, 0.5) is 0 Å². The lowest BCUT2D eigenvalue weighted by atomic mass is 10.0. The van der Waals surface area contributed by atoms with E-state index in [4.69, 9.17) is 9.15 Å². The molecule has 1 N–H and O–H groups in total. The number of aromatic nitrogens is 1. The Morgan fingerprint density at radius 1 is 1.24 bits per heavy atom. The van der Waals surface area contributed by atoms with Crippen LogP contribution in [0.25, 0.3) is 10.8 Å². The van der Waals surface area contributed by atoms with E-state index in [1.54, 1.807) is 12.1 Å². The van der Waals surface area contributed by atoms with Crippen molar-refractivity contribution in [3.05, 3.63) is 64.9 Å². The predicted octanol–water partition coefficient (Wildman–Crippen LogP) is 3.32. The normalized spacial score (nSPS) is 15.7. The van der Waals surface area contributed by atoms with Gasteiger partial charge in [-0.2, -0.15) is 0 Å². The summed E-state index contributed by atoms with van der Waals surface area (Å²) in [7, 11) is 0. The lowest BCUT2D eigenvalue weighted by Gasteiger charge is -2.10. The van der Waals surface area contributed by atoms with Crippen LogP contribution in [-0.2, 0) is 16.1 Å². The van der Waals surface area contributed by atoms with Gasteiger partial charge in [0.2, 0.25) is 11.8 Å². The number of nitrogens with zero attached hydrogens (tertiary/aromatic N) is 1. The van der Waals surface area contributed by atoms with Crippen LogP contribution in [0.15, 0.2) is 52.5 Å². The van der Waals surface area contributed by atoms with Gasteiger partial charge in [0.25, 0.3) is 0 Å². The Labute approximate surface area is 147 Å². The summed E-state index contributed by atoms with van der Waals surface area (Å²) in [6.45, 7) is 0.260. The first kappa shape index (κ1) is 15.6. The number of carbonyl (C=O) groups is 2. The van der Waals surface area contributed by atoms with Gasteiger partial charge in [0.05, 0.1) is 29.1 Å². The molecule has 0 spiro atoms. The van der Waals surface area contributed by atoms with E-state index in [-0.39, 0.29) is 24.8 Å². The van der Waals surface area contributed by atoms with Gasteiger partial charge >= 0.3 is 5.97 Å². The number of carbonyl (C=O) groups excluding carboxylic acids is 2. The number of ether oxygens (including phenoxy) is 1. The Hall–Kier alpha value is -2.93. The molecule has 0 fully saturated rings. The molecule has 7 heteroatoms. The number of oxazole rings is 1. The number of amides is 1. The first-order valence-corrected chi connectivity index (χ1v) is 8.63. The smallest absolute Gasteiger partial charge is 0.339 e. The van der Waals surface area contributed by atoms with E-state index in [1.807, 2.05) is 29.6 Å². The summed E-state index contributed by atoms with van der Waals surface area (Å²) in [5.41, 5.74) is 1.92. The van der Waals surface area contributed by atoms with Gasteiger partial charge in [0.1, 0.15) is 12.4 Å². The number of nitrogens with one attached hydrogen (secondary N) is 1. The van der Waals surface area contributed by atoms with Crippen LogP contribution in [-0.4, -0.2) is 16.9 Å². The molecule has 0 saturated heterocycles. The van der Waals surface area contributed by atoms with E-state index >= 15 is 0 Å². The van der Waals surface area contributed by atoms with Crippen molar-refractivity contribution in [1.82, 2.24) is 10.3 Å². The van der Waals surface area contributed by atoms with Crippen LogP contribution in [0.2, 0.25) is 0 Å². The molecule has 4 rings (SSSR count). The standard InChI is InChI=1S/C18H14N2O4S/c21-16(8-14-12-4-1-2-5-13(12)18(22)24-14)19-9-11-10-23-17(20-11)15-6-3-7-25-15/h1-7,10,14H,8-9H2,(H,19,21)/t14-/m1/s1. The first-order chi connectivity index (χ1) is 12.2. The largest absolute Gasteiger partial charge is 0.453 e. The molecule has 0 bridgehead atoms. The van der Waals surface area contributed by atoms with Gasteiger partial charge in [-0.05, 0) is 17.5 Å². The van der Waals surface area contributed by atoms with Crippen LogP contribution >= 0.6 is 11.3 Å². The molecular formula is C18H14N2O4S. The van der Waals surface area contributed by atoms with Crippen molar-refractivity contribution in [2.75, 3.05) is 0 Å². The Morgan fingerprint density at radius 3 is 2.96 bits per heavy atom. The number of esters is 1. The van der Waals surface area contributed by atoms with Crippen LogP contribution in [0.5, 0.6) is 0 Å². The lowest BCUT2D eigenvalue weighted by molar-refractivity contribution is -0.123. The Kier molecular flexibility index (Phi) is 4.07. The average Bonchev–Trinajstić information content (AvgIpc) is 3.34. The van der Waals surface area contributed by atoms with Gasteiger partial charge < -0.3 is 14.5 Å². The SMILES string of the molecule is O=C(C[C@H]1OC(=O)c2ccccc21)NCc1coc(-c2cccs2)n1. The zero-order valence-corrected chi connectivity index (χ0v) is 13.9. The number of hydrogen-bond acceptors (Lipinski definition) is 6. The fourth-order valence-electron chi connectivity index (χ4n) is 2.70. The fraction of sp³-hybridized carbons (Fsp3) is 0.167. The molecule has 25 heavy (non-hydrogen) atoms. The number of thiophene rings is 1.